The van der Waals surface area contributed by atoms with Gasteiger partial charge in [-0.2, -0.15) is 13.2 Å². The summed E-state index contributed by atoms with van der Waals surface area (Å²) in [6, 6.07) is 0.591. The van der Waals surface area contributed by atoms with E-state index in [9.17, 15) is 26.7 Å². The van der Waals surface area contributed by atoms with Crippen LogP contribution in [0.1, 0.15) is 28.2 Å². The smallest absolute Gasteiger partial charge is 0.434 e. The highest BCUT2D eigenvalue weighted by Crippen LogP contribution is 2.36. The number of carbonyl (C=O) groups excluding carboxylic acids is 1. The molecule has 0 saturated carbocycles. The summed E-state index contributed by atoms with van der Waals surface area (Å²) in [5.74, 6) is -1.21. The first kappa shape index (κ1) is 15.1. The molecule has 0 aliphatic heterocycles. The average molecular weight is 381 g/mol. The first-order valence-corrected chi connectivity index (χ1v) is 5.40. The number of rotatable bonds is 2. The van der Waals surface area contributed by atoms with Gasteiger partial charge in [0.25, 0.3) is 6.43 Å². The highest BCUT2D eigenvalue weighted by atomic mass is 127. The topological polar surface area (TPSA) is 39.2 Å². The minimum atomic E-state index is -4.93. The van der Waals surface area contributed by atoms with Crippen LogP contribution in [0.2, 0.25) is 0 Å². The van der Waals surface area contributed by atoms with Gasteiger partial charge in [-0.05, 0) is 28.7 Å². The van der Waals surface area contributed by atoms with Crippen molar-refractivity contribution in [1.82, 2.24) is 4.98 Å². The van der Waals surface area contributed by atoms with Gasteiger partial charge in [0.2, 0.25) is 0 Å². The summed E-state index contributed by atoms with van der Waals surface area (Å²) in [6.45, 7) is 0. The Kier molecular flexibility index (Phi) is 4.46. The first-order chi connectivity index (χ1) is 8.18. The fourth-order valence-corrected chi connectivity index (χ4v) is 1.92. The zero-order valence-corrected chi connectivity index (χ0v) is 10.8. The molecule has 0 atom stereocenters. The molecule has 0 fully saturated rings. The maximum absolute atomic E-state index is 12.6. The average Bonchev–Trinajstić information content (AvgIpc) is 2.26. The monoisotopic (exact) mass is 381 g/mol. The number of pyridine rings is 1. The lowest BCUT2D eigenvalue weighted by molar-refractivity contribution is -0.142. The number of hydrogen-bond donors (Lipinski definition) is 0. The Morgan fingerprint density at radius 2 is 2.00 bits per heavy atom. The maximum Gasteiger partial charge on any atom is 0.434 e. The standard InChI is InChI=1S/C9H5F5INO2/c1-18-8(17)4-2-3(7(10)11)5(15)6(16-4)9(12,13)14/h2,7H,1H3. The number of aromatic nitrogens is 1. The van der Waals surface area contributed by atoms with Crippen molar-refractivity contribution in [2.24, 2.45) is 0 Å². The van der Waals surface area contributed by atoms with Crippen molar-refractivity contribution in [3.63, 3.8) is 0 Å². The highest BCUT2D eigenvalue weighted by molar-refractivity contribution is 14.1. The van der Waals surface area contributed by atoms with Gasteiger partial charge in [-0.15, -0.1) is 0 Å². The molecular weight excluding hydrogens is 376 g/mol. The van der Waals surface area contributed by atoms with Crippen LogP contribution in [-0.4, -0.2) is 18.1 Å². The van der Waals surface area contributed by atoms with Crippen molar-refractivity contribution in [1.29, 1.82) is 0 Å². The molecule has 3 nitrogen and oxygen atoms in total. The SMILES string of the molecule is COC(=O)c1cc(C(F)F)c(I)c(C(F)(F)F)n1. The fraction of sp³-hybridized carbons (Fsp3) is 0.333. The summed E-state index contributed by atoms with van der Waals surface area (Å²) in [7, 11) is 0.914. The molecular formula is C9H5F5INO2. The largest absolute Gasteiger partial charge is 0.464 e. The highest BCUT2D eigenvalue weighted by Gasteiger charge is 2.38. The van der Waals surface area contributed by atoms with Crippen molar-refractivity contribution >= 4 is 28.6 Å². The molecule has 0 N–H and O–H groups in total. The second-order valence-corrected chi connectivity index (χ2v) is 4.13. The first-order valence-electron chi connectivity index (χ1n) is 4.32. The van der Waals surface area contributed by atoms with E-state index in [1.165, 1.54) is 0 Å². The number of esters is 1. The van der Waals surface area contributed by atoms with Crippen LogP contribution < -0.4 is 0 Å². The molecule has 1 aromatic heterocycles. The third kappa shape index (κ3) is 3.06. The Bertz CT molecular complexity index is 475. The molecule has 1 rings (SSSR count). The third-order valence-corrected chi connectivity index (χ3v) is 3.02. The van der Waals surface area contributed by atoms with E-state index in [1.807, 2.05) is 0 Å². The van der Waals surface area contributed by atoms with E-state index < -0.39 is 39.1 Å². The second-order valence-electron chi connectivity index (χ2n) is 3.05. The molecule has 0 spiro atoms. The van der Waals surface area contributed by atoms with Crippen LogP contribution in [0.25, 0.3) is 0 Å². The Balaban J connectivity index is 3.52. The molecule has 0 aromatic carbocycles. The molecule has 1 aromatic rings. The van der Waals surface area contributed by atoms with E-state index in [1.54, 1.807) is 0 Å². The number of methoxy groups -OCH3 is 1. The summed E-state index contributed by atoms with van der Waals surface area (Å²) < 4.78 is 66.3. The van der Waals surface area contributed by atoms with E-state index >= 15 is 0 Å². The van der Waals surface area contributed by atoms with Gasteiger partial charge in [0.1, 0.15) is 5.69 Å². The lowest BCUT2D eigenvalue weighted by Gasteiger charge is -2.13. The van der Waals surface area contributed by atoms with Crippen molar-refractivity contribution in [3.8, 4) is 0 Å². The molecule has 1 heterocycles. The second kappa shape index (κ2) is 5.33. The predicted molar refractivity (Wildman–Crippen MR) is 58.3 cm³/mol. The molecule has 0 aliphatic carbocycles. The van der Waals surface area contributed by atoms with Gasteiger partial charge in [-0.25, -0.2) is 18.6 Å². The zero-order chi connectivity index (χ0) is 14.1. The number of ether oxygens (including phenoxy) is 1. The molecule has 0 radical (unpaired) electrons. The van der Waals surface area contributed by atoms with Gasteiger partial charge in [-0.1, -0.05) is 0 Å². The molecule has 0 saturated heterocycles. The van der Waals surface area contributed by atoms with Crippen LogP contribution in [0.15, 0.2) is 6.07 Å². The molecule has 100 valence electrons. The minimum Gasteiger partial charge on any atom is -0.464 e. The summed E-state index contributed by atoms with van der Waals surface area (Å²) in [5.41, 5.74) is -3.24. The molecule has 9 heteroatoms. The van der Waals surface area contributed by atoms with Gasteiger partial charge < -0.3 is 4.74 Å². The Morgan fingerprint density at radius 3 is 2.39 bits per heavy atom. The Hall–Kier alpha value is -1.00. The molecule has 0 aliphatic rings. The molecule has 0 unspecified atom stereocenters. The van der Waals surface area contributed by atoms with Crippen molar-refractivity contribution < 1.29 is 31.5 Å². The molecule has 0 amide bonds. The van der Waals surface area contributed by atoms with Crippen LogP contribution in [0.5, 0.6) is 0 Å². The van der Waals surface area contributed by atoms with Crippen LogP contribution in [0.3, 0.4) is 0 Å². The zero-order valence-electron chi connectivity index (χ0n) is 8.69. The summed E-state index contributed by atoms with van der Waals surface area (Å²) in [4.78, 5) is 14.1. The van der Waals surface area contributed by atoms with E-state index in [2.05, 4.69) is 9.72 Å². The van der Waals surface area contributed by atoms with Gasteiger partial charge in [0.15, 0.2) is 5.69 Å². The van der Waals surface area contributed by atoms with Gasteiger partial charge in [-0.3, -0.25) is 0 Å². The normalized spacial score (nSPS) is 11.8. The lowest BCUT2D eigenvalue weighted by Crippen LogP contribution is -2.17. The van der Waals surface area contributed by atoms with Crippen molar-refractivity contribution in [2.75, 3.05) is 7.11 Å². The number of alkyl halides is 5. The van der Waals surface area contributed by atoms with Crippen LogP contribution in [0.4, 0.5) is 22.0 Å². The number of nitrogens with zero attached hydrogens (tertiary/aromatic N) is 1. The molecule has 0 bridgehead atoms. The maximum atomic E-state index is 12.6. The quantitative estimate of drug-likeness (QED) is 0.448. The molecule has 18 heavy (non-hydrogen) atoms. The van der Waals surface area contributed by atoms with Crippen molar-refractivity contribution in [2.45, 2.75) is 12.6 Å². The summed E-state index contributed by atoms with van der Waals surface area (Å²) in [6.07, 6.45) is -8.08. The fourth-order valence-electron chi connectivity index (χ4n) is 1.10. The lowest BCUT2D eigenvalue weighted by atomic mass is 10.2. The van der Waals surface area contributed by atoms with E-state index in [4.69, 9.17) is 0 Å². The Morgan fingerprint density at radius 1 is 1.44 bits per heavy atom. The van der Waals surface area contributed by atoms with E-state index in [0.717, 1.165) is 29.7 Å². The number of halogens is 6. The van der Waals surface area contributed by atoms with Crippen LogP contribution >= 0.6 is 22.6 Å². The van der Waals surface area contributed by atoms with Gasteiger partial charge >= 0.3 is 12.1 Å². The minimum absolute atomic E-state index is 0.591. The van der Waals surface area contributed by atoms with Gasteiger partial charge in [0, 0.05) is 5.56 Å². The van der Waals surface area contributed by atoms with Crippen LogP contribution in [0, 0.1) is 3.57 Å². The summed E-state index contributed by atoms with van der Waals surface area (Å²) in [5, 5.41) is 0. The third-order valence-electron chi connectivity index (χ3n) is 1.88. The van der Waals surface area contributed by atoms with E-state index in [0.29, 0.717) is 6.07 Å². The van der Waals surface area contributed by atoms with Crippen molar-refractivity contribution in [3.05, 3.63) is 26.6 Å². The number of hydrogen-bond acceptors (Lipinski definition) is 3. The van der Waals surface area contributed by atoms with Gasteiger partial charge in [0.05, 0.1) is 10.7 Å². The summed E-state index contributed by atoms with van der Waals surface area (Å²) >= 11 is 1.12. The van der Waals surface area contributed by atoms with E-state index in [-0.39, 0.29) is 0 Å². The Labute approximate surface area is 111 Å². The number of carbonyl (C=O) groups is 1. The predicted octanol–water partition coefficient (Wildman–Crippen LogP) is 3.43. The van der Waals surface area contributed by atoms with Crippen LogP contribution in [-0.2, 0) is 10.9 Å².